The number of furan rings is 1. The van der Waals surface area contributed by atoms with Crippen LogP contribution in [0.3, 0.4) is 0 Å². The number of carbonyl (C=O) groups excluding carboxylic acids is 1. The molecule has 6 nitrogen and oxygen atoms in total. The summed E-state index contributed by atoms with van der Waals surface area (Å²) in [5, 5.41) is 6.91. The van der Waals surface area contributed by atoms with Gasteiger partial charge in [0, 0.05) is 0 Å². The molecule has 0 aliphatic heterocycles. The minimum absolute atomic E-state index is 0.129. The molecule has 0 fully saturated rings. The minimum atomic E-state index is -0.335. The van der Waals surface area contributed by atoms with E-state index in [0.717, 1.165) is 11.3 Å². The number of nitrogens with zero attached hydrogens (tertiary/aromatic N) is 3. The van der Waals surface area contributed by atoms with E-state index in [1.807, 2.05) is 31.2 Å². The van der Waals surface area contributed by atoms with Gasteiger partial charge in [0.1, 0.15) is 12.1 Å². The summed E-state index contributed by atoms with van der Waals surface area (Å²) in [5.41, 5.74) is 1.96. The summed E-state index contributed by atoms with van der Waals surface area (Å²) in [6.07, 6.45) is 3.09. The molecule has 1 aromatic carbocycles. The Bertz CT molecular complexity index is 747. The standard InChI is InChI=1S/C15H14N4O2/c1-11-5-2-3-7-13(11)19-10-17-14(18-19)15(20)16-9-12-6-4-8-21-12/h2-8,10H,9H2,1H3,(H,16,20). The zero-order valence-corrected chi connectivity index (χ0v) is 11.5. The Kier molecular flexibility index (Phi) is 3.51. The summed E-state index contributed by atoms with van der Waals surface area (Å²) in [4.78, 5) is 16.0. The molecule has 6 heteroatoms. The minimum Gasteiger partial charge on any atom is -0.467 e. The van der Waals surface area contributed by atoms with Crippen LogP contribution in [0.1, 0.15) is 21.9 Å². The van der Waals surface area contributed by atoms with Gasteiger partial charge in [0.05, 0.1) is 18.5 Å². The number of rotatable bonds is 4. The van der Waals surface area contributed by atoms with E-state index in [2.05, 4.69) is 15.4 Å². The molecule has 0 aliphatic rings. The van der Waals surface area contributed by atoms with Crippen LogP contribution in [0.15, 0.2) is 53.4 Å². The first-order valence-electron chi connectivity index (χ1n) is 6.52. The molecule has 0 spiro atoms. The highest BCUT2D eigenvalue weighted by molar-refractivity contribution is 5.90. The molecule has 1 amide bonds. The molecule has 3 aromatic rings. The van der Waals surface area contributed by atoms with Crippen molar-refractivity contribution in [3.05, 3.63) is 66.1 Å². The second-order valence-electron chi connectivity index (χ2n) is 4.56. The molecule has 0 bridgehead atoms. The summed E-state index contributed by atoms with van der Waals surface area (Å²) in [7, 11) is 0. The third-order valence-corrected chi connectivity index (χ3v) is 3.06. The maximum Gasteiger partial charge on any atom is 0.291 e. The molecular weight excluding hydrogens is 268 g/mol. The number of aromatic nitrogens is 3. The van der Waals surface area contributed by atoms with Crippen LogP contribution in [0.4, 0.5) is 0 Å². The highest BCUT2D eigenvalue weighted by Crippen LogP contribution is 2.11. The van der Waals surface area contributed by atoms with E-state index >= 15 is 0 Å². The highest BCUT2D eigenvalue weighted by Gasteiger charge is 2.12. The van der Waals surface area contributed by atoms with E-state index in [9.17, 15) is 4.79 Å². The van der Waals surface area contributed by atoms with Gasteiger partial charge in [-0.15, -0.1) is 5.10 Å². The number of benzene rings is 1. The molecule has 0 aliphatic carbocycles. The number of hydrogen-bond donors (Lipinski definition) is 1. The lowest BCUT2D eigenvalue weighted by molar-refractivity contribution is 0.0937. The maximum atomic E-state index is 12.0. The molecule has 3 rings (SSSR count). The molecule has 0 radical (unpaired) electrons. The van der Waals surface area contributed by atoms with Crippen molar-refractivity contribution in [1.82, 2.24) is 20.1 Å². The lowest BCUT2D eigenvalue weighted by atomic mass is 10.2. The average Bonchev–Trinajstić information content (AvgIpc) is 3.17. The second-order valence-corrected chi connectivity index (χ2v) is 4.56. The van der Waals surface area contributed by atoms with Gasteiger partial charge in [0.2, 0.25) is 5.82 Å². The highest BCUT2D eigenvalue weighted by atomic mass is 16.3. The monoisotopic (exact) mass is 282 g/mol. The van der Waals surface area contributed by atoms with Crippen molar-refractivity contribution in [2.75, 3.05) is 0 Å². The Balaban J connectivity index is 1.73. The number of aryl methyl sites for hydroxylation is 1. The Labute approximate surface area is 121 Å². The van der Waals surface area contributed by atoms with Gasteiger partial charge in [-0.05, 0) is 30.7 Å². The topological polar surface area (TPSA) is 73.0 Å². The Morgan fingerprint density at radius 3 is 2.90 bits per heavy atom. The van der Waals surface area contributed by atoms with Crippen molar-refractivity contribution >= 4 is 5.91 Å². The van der Waals surface area contributed by atoms with E-state index < -0.39 is 0 Å². The van der Waals surface area contributed by atoms with E-state index in [1.165, 1.54) is 6.33 Å². The van der Waals surface area contributed by atoms with E-state index in [-0.39, 0.29) is 11.7 Å². The van der Waals surface area contributed by atoms with Crippen LogP contribution in [0.2, 0.25) is 0 Å². The maximum absolute atomic E-state index is 12.0. The Morgan fingerprint density at radius 1 is 1.29 bits per heavy atom. The van der Waals surface area contributed by atoms with Crippen LogP contribution in [-0.4, -0.2) is 20.7 Å². The molecule has 2 aromatic heterocycles. The van der Waals surface area contributed by atoms with Gasteiger partial charge in [-0.3, -0.25) is 4.79 Å². The lowest BCUT2D eigenvalue weighted by Gasteiger charge is -2.03. The first-order valence-corrected chi connectivity index (χ1v) is 6.52. The zero-order chi connectivity index (χ0) is 14.7. The van der Waals surface area contributed by atoms with E-state index in [4.69, 9.17) is 4.42 Å². The normalized spacial score (nSPS) is 10.5. The first-order chi connectivity index (χ1) is 10.2. The first kappa shape index (κ1) is 13.1. The lowest BCUT2D eigenvalue weighted by Crippen LogP contribution is -2.24. The Hall–Kier alpha value is -2.89. The summed E-state index contributed by atoms with van der Waals surface area (Å²) in [5.74, 6) is 0.477. The van der Waals surface area contributed by atoms with Gasteiger partial charge >= 0.3 is 0 Å². The summed E-state index contributed by atoms with van der Waals surface area (Å²) in [6, 6.07) is 11.3. The third kappa shape index (κ3) is 2.84. The fourth-order valence-corrected chi connectivity index (χ4v) is 1.96. The number of carbonyl (C=O) groups is 1. The molecule has 0 atom stereocenters. The van der Waals surface area contributed by atoms with E-state index in [0.29, 0.717) is 12.3 Å². The van der Waals surface area contributed by atoms with Crippen molar-refractivity contribution < 1.29 is 9.21 Å². The molecule has 1 N–H and O–H groups in total. The van der Waals surface area contributed by atoms with Crippen LogP contribution in [-0.2, 0) is 6.54 Å². The SMILES string of the molecule is Cc1ccccc1-n1cnc(C(=O)NCc2ccco2)n1. The molecule has 2 heterocycles. The van der Waals surface area contributed by atoms with Crippen LogP contribution in [0.25, 0.3) is 5.69 Å². The van der Waals surface area contributed by atoms with Crippen LogP contribution in [0.5, 0.6) is 0 Å². The number of nitrogens with one attached hydrogen (secondary N) is 1. The zero-order valence-electron chi connectivity index (χ0n) is 11.5. The van der Waals surface area contributed by atoms with Crippen LogP contribution >= 0.6 is 0 Å². The predicted octanol–water partition coefficient (Wildman–Crippen LogP) is 2.10. The smallest absolute Gasteiger partial charge is 0.291 e. The van der Waals surface area contributed by atoms with Gasteiger partial charge in [0.25, 0.3) is 5.91 Å². The number of para-hydroxylation sites is 1. The van der Waals surface area contributed by atoms with Crippen molar-refractivity contribution in [3.8, 4) is 5.69 Å². The molecule has 21 heavy (non-hydrogen) atoms. The predicted molar refractivity (Wildman–Crippen MR) is 76.0 cm³/mol. The van der Waals surface area contributed by atoms with Crippen molar-refractivity contribution in [2.24, 2.45) is 0 Å². The van der Waals surface area contributed by atoms with Gasteiger partial charge in [-0.2, -0.15) is 0 Å². The fraction of sp³-hybridized carbons (Fsp3) is 0.133. The summed E-state index contributed by atoms with van der Waals surface area (Å²) in [6.45, 7) is 2.29. The van der Waals surface area contributed by atoms with Crippen molar-refractivity contribution in [2.45, 2.75) is 13.5 Å². The summed E-state index contributed by atoms with van der Waals surface area (Å²) < 4.78 is 6.74. The molecule has 106 valence electrons. The van der Waals surface area contributed by atoms with Gasteiger partial charge < -0.3 is 9.73 Å². The quantitative estimate of drug-likeness (QED) is 0.795. The largest absolute Gasteiger partial charge is 0.467 e. The molecular formula is C15H14N4O2. The third-order valence-electron chi connectivity index (χ3n) is 3.06. The van der Waals surface area contributed by atoms with E-state index in [1.54, 1.807) is 23.1 Å². The number of amides is 1. The molecule has 0 saturated heterocycles. The van der Waals surface area contributed by atoms with Gasteiger partial charge in [-0.25, -0.2) is 9.67 Å². The molecule has 0 unspecified atom stereocenters. The number of hydrogen-bond acceptors (Lipinski definition) is 4. The van der Waals surface area contributed by atoms with Gasteiger partial charge in [0.15, 0.2) is 0 Å². The second kappa shape index (κ2) is 5.62. The summed E-state index contributed by atoms with van der Waals surface area (Å²) >= 11 is 0. The van der Waals surface area contributed by atoms with Crippen molar-refractivity contribution in [1.29, 1.82) is 0 Å². The van der Waals surface area contributed by atoms with Crippen LogP contribution in [0, 0.1) is 6.92 Å². The average molecular weight is 282 g/mol. The molecule has 0 saturated carbocycles. The van der Waals surface area contributed by atoms with Crippen molar-refractivity contribution in [3.63, 3.8) is 0 Å². The Morgan fingerprint density at radius 2 is 2.14 bits per heavy atom. The van der Waals surface area contributed by atoms with Gasteiger partial charge in [-0.1, -0.05) is 18.2 Å². The fourth-order valence-electron chi connectivity index (χ4n) is 1.96. The van der Waals surface area contributed by atoms with Crippen LogP contribution < -0.4 is 5.32 Å².